The molecule has 2 aromatic carbocycles. The molecule has 0 saturated heterocycles. The number of nitrogens with zero attached hydrogens (tertiary/aromatic N) is 5. The SMILES string of the molecule is O=C(Nc1cnn(Cc2ccc(Cl)cc2)c1)c1ccn(COc2ccc([N+](=O)[O-])cc2Cl)n1. The molecule has 1 N–H and O–H groups in total. The molecule has 33 heavy (non-hydrogen) atoms. The molecule has 0 aliphatic heterocycles. The average Bonchev–Trinajstić information content (AvgIpc) is 3.44. The van der Waals surface area contributed by atoms with E-state index in [1.165, 1.54) is 28.9 Å². The van der Waals surface area contributed by atoms with Crippen LogP contribution in [-0.4, -0.2) is 30.4 Å². The summed E-state index contributed by atoms with van der Waals surface area (Å²) < 4.78 is 8.62. The van der Waals surface area contributed by atoms with E-state index in [-0.39, 0.29) is 28.9 Å². The molecular weight excluding hydrogens is 471 g/mol. The van der Waals surface area contributed by atoms with Gasteiger partial charge in [-0.25, -0.2) is 4.68 Å². The summed E-state index contributed by atoms with van der Waals surface area (Å²) >= 11 is 11.9. The molecule has 168 valence electrons. The Kier molecular flexibility index (Phi) is 6.57. The van der Waals surface area contributed by atoms with Crippen molar-refractivity contribution in [3.63, 3.8) is 0 Å². The summed E-state index contributed by atoms with van der Waals surface area (Å²) in [5, 5.41) is 22.7. The van der Waals surface area contributed by atoms with Crippen LogP contribution in [0.1, 0.15) is 16.1 Å². The molecule has 10 nitrogen and oxygen atoms in total. The number of aromatic nitrogens is 4. The Balaban J connectivity index is 1.33. The molecule has 1 amide bonds. The molecule has 0 atom stereocenters. The molecule has 2 aromatic heterocycles. The summed E-state index contributed by atoms with van der Waals surface area (Å²) in [7, 11) is 0. The minimum absolute atomic E-state index is 0.0379. The third-order valence-electron chi connectivity index (χ3n) is 4.50. The molecule has 0 aliphatic carbocycles. The van der Waals surface area contributed by atoms with Crippen molar-refractivity contribution in [1.29, 1.82) is 0 Å². The fourth-order valence-electron chi connectivity index (χ4n) is 2.90. The molecule has 0 radical (unpaired) electrons. The Bertz CT molecular complexity index is 1300. The zero-order chi connectivity index (χ0) is 23.4. The lowest BCUT2D eigenvalue weighted by molar-refractivity contribution is -0.384. The van der Waals surface area contributed by atoms with Crippen molar-refractivity contribution in [2.24, 2.45) is 0 Å². The summed E-state index contributed by atoms with van der Waals surface area (Å²) in [6, 6.07) is 12.8. The van der Waals surface area contributed by atoms with Gasteiger partial charge < -0.3 is 10.1 Å². The topological polar surface area (TPSA) is 117 Å². The van der Waals surface area contributed by atoms with Crippen molar-refractivity contribution in [2.45, 2.75) is 13.3 Å². The molecule has 0 spiro atoms. The number of hydrogen-bond donors (Lipinski definition) is 1. The van der Waals surface area contributed by atoms with Crippen LogP contribution in [-0.2, 0) is 13.3 Å². The second-order valence-corrected chi connectivity index (χ2v) is 7.74. The number of carbonyl (C=O) groups is 1. The van der Waals surface area contributed by atoms with E-state index < -0.39 is 10.8 Å². The minimum Gasteiger partial charge on any atom is -0.470 e. The quantitative estimate of drug-likeness (QED) is 0.286. The number of nitrogens with one attached hydrogen (secondary N) is 1. The normalized spacial score (nSPS) is 10.7. The van der Waals surface area contributed by atoms with E-state index in [9.17, 15) is 14.9 Å². The highest BCUT2D eigenvalue weighted by Crippen LogP contribution is 2.28. The lowest BCUT2D eigenvalue weighted by Crippen LogP contribution is -2.14. The predicted octanol–water partition coefficient (Wildman–Crippen LogP) is 4.63. The Morgan fingerprint density at radius 3 is 2.64 bits per heavy atom. The number of carbonyl (C=O) groups excluding carboxylic acids is 1. The van der Waals surface area contributed by atoms with Gasteiger partial charge in [0.1, 0.15) is 5.75 Å². The number of ether oxygens (including phenoxy) is 1. The van der Waals surface area contributed by atoms with Gasteiger partial charge in [-0.15, -0.1) is 0 Å². The highest BCUT2D eigenvalue weighted by molar-refractivity contribution is 6.32. The fourth-order valence-corrected chi connectivity index (χ4v) is 3.25. The molecule has 0 unspecified atom stereocenters. The van der Waals surface area contributed by atoms with Gasteiger partial charge in [-0.2, -0.15) is 10.2 Å². The lowest BCUT2D eigenvalue weighted by Gasteiger charge is -2.07. The molecule has 0 aliphatic rings. The number of non-ortho nitro benzene ring substituents is 1. The van der Waals surface area contributed by atoms with Crippen LogP contribution in [0.15, 0.2) is 67.1 Å². The van der Waals surface area contributed by atoms with Gasteiger partial charge in [0.15, 0.2) is 12.4 Å². The van der Waals surface area contributed by atoms with Crippen molar-refractivity contribution in [1.82, 2.24) is 19.6 Å². The summed E-state index contributed by atoms with van der Waals surface area (Å²) in [6.07, 6.45) is 4.83. The van der Waals surface area contributed by atoms with E-state index in [1.807, 2.05) is 12.1 Å². The number of halogens is 2. The standard InChI is InChI=1S/C21H16Cl2N6O4/c22-15-3-1-14(2-4-15)11-28-12-16(10-24-28)25-21(30)19-7-8-27(26-19)13-33-20-6-5-17(29(31)32)9-18(20)23/h1-10,12H,11,13H2,(H,25,30). The summed E-state index contributed by atoms with van der Waals surface area (Å²) in [4.78, 5) is 22.7. The second-order valence-electron chi connectivity index (χ2n) is 6.89. The van der Waals surface area contributed by atoms with Crippen LogP contribution >= 0.6 is 23.2 Å². The highest BCUT2D eigenvalue weighted by Gasteiger charge is 2.13. The number of amides is 1. The Labute approximate surface area is 197 Å². The molecule has 12 heteroatoms. The first-order valence-electron chi connectivity index (χ1n) is 9.56. The minimum atomic E-state index is -0.546. The van der Waals surface area contributed by atoms with Crippen LogP contribution in [0.25, 0.3) is 0 Å². The third-order valence-corrected chi connectivity index (χ3v) is 5.05. The zero-order valence-corrected chi connectivity index (χ0v) is 18.4. The van der Waals surface area contributed by atoms with Gasteiger partial charge in [-0.1, -0.05) is 35.3 Å². The fraction of sp³-hybridized carbons (Fsp3) is 0.0952. The first kappa shape index (κ1) is 22.3. The number of nitro groups is 1. The van der Waals surface area contributed by atoms with Gasteiger partial charge in [0.25, 0.3) is 11.6 Å². The van der Waals surface area contributed by atoms with Crippen LogP contribution in [0.3, 0.4) is 0 Å². The first-order valence-corrected chi connectivity index (χ1v) is 10.3. The van der Waals surface area contributed by atoms with Crippen molar-refractivity contribution in [3.8, 4) is 5.75 Å². The van der Waals surface area contributed by atoms with Gasteiger partial charge in [-0.3, -0.25) is 19.6 Å². The van der Waals surface area contributed by atoms with E-state index in [2.05, 4.69) is 15.5 Å². The molecule has 2 heterocycles. The number of benzene rings is 2. The van der Waals surface area contributed by atoms with Gasteiger partial charge in [-0.05, 0) is 29.8 Å². The number of hydrogen-bond acceptors (Lipinski definition) is 6. The maximum Gasteiger partial charge on any atom is 0.276 e. The monoisotopic (exact) mass is 486 g/mol. The first-order chi connectivity index (χ1) is 15.9. The number of anilines is 1. The molecular formula is C21H16Cl2N6O4. The average molecular weight is 487 g/mol. The van der Waals surface area contributed by atoms with Crippen LogP contribution in [0.4, 0.5) is 11.4 Å². The Morgan fingerprint density at radius 2 is 1.91 bits per heavy atom. The molecule has 0 saturated carbocycles. The van der Waals surface area contributed by atoms with E-state index in [0.29, 0.717) is 17.3 Å². The van der Waals surface area contributed by atoms with Gasteiger partial charge in [0.2, 0.25) is 0 Å². The van der Waals surface area contributed by atoms with Gasteiger partial charge in [0.05, 0.1) is 28.4 Å². The predicted molar refractivity (Wildman–Crippen MR) is 122 cm³/mol. The summed E-state index contributed by atoms with van der Waals surface area (Å²) in [6.45, 7) is 0.494. The van der Waals surface area contributed by atoms with Crippen LogP contribution in [0, 0.1) is 10.1 Å². The Hall–Kier alpha value is -3.89. The van der Waals surface area contributed by atoms with Gasteiger partial charge in [0, 0.05) is 29.5 Å². The smallest absolute Gasteiger partial charge is 0.276 e. The summed E-state index contributed by atoms with van der Waals surface area (Å²) in [5.74, 6) is -0.148. The second kappa shape index (κ2) is 9.72. The van der Waals surface area contributed by atoms with Crippen LogP contribution in [0.5, 0.6) is 5.75 Å². The van der Waals surface area contributed by atoms with Crippen molar-refractivity contribution >= 4 is 40.5 Å². The van der Waals surface area contributed by atoms with E-state index >= 15 is 0 Å². The number of nitro benzene ring substituents is 1. The van der Waals surface area contributed by atoms with Crippen molar-refractivity contribution in [2.75, 3.05) is 5.32 Å². The van der Waals surface area contributed by atoms with E-state index in [0.717, 1.165) is 5.56 Å². The third kappa shape index (κ3) is 5.68. The molecule has 4 rings (SSSR count). The molecule has 0 bridgehead atoms. The van der Waals surface area contributed by atoms with E-state index in [4.69, 9.17) is 27.9 Å². The molecule has 0 fully saturated rings. The van der Waals surface area contributed by atoms with Crippen LogP contribution < -0.4 is 10.1 Å². The zero-order valence-electron chi connectivity index (χ0n) is 16.9. The molecule has 4 aromatic rings. The highest BCUT2D eigenvalue weighted by atomic mass is 35.5. The van der Waals surface area contributed by atoms with E-state index in [1.54, 1.807) is 35.4 Å². The van der Waals surface area contributed by atoms with Crippen LogP contribution in [0.2, 0.25) is 10.0 Å². The Morgan fingerprint density at radius 1 is 1.12 bits per heavy atom. The maximum absolute atomic E-state index is 12.5. The largest absolute Gasteiger partial charge is 0.470 e. The summed E-state index contributed by atoms with van der Waals surface area (Å²) in [5.41, 5.74) is 1.59. The van der Waals surface area contributed by atoms with Gasteiger partial charge >= 0.3 is 0 Å². The van der Waals surface area contributed by atoms with Crippen molar-refractivity contribution in [3.05, 3.63) is 98.5 Å². The lowest BCUT2D eigenvalue weighted by atomic mass is 10.2. The van der Waals surface area contributed by atoms with Crippen molar-refractivity contribution < 1.29 is 14.5 Å². The maximum atomic E-state index is 12.5. The number of rotatable bonds is 8.